The zero-order valence-corrected chi connectivity index (χ0v) is 19.2. The van der Waals surface area contributed by atoms with Crippen LogP contribution >= 0.6 is 0 Å². The van der Waals surface area contributed by atoms with Gasteiger partial charge in [0.15, 0.2) is 0 Å². The van der Waals surface area contributed by atoms with Gasteiger partial charge in [-0.05, 0) is 38.2 Å². The second-order valence-corrected chi connectivity index (χ2v) is 9.53. The maximum atomic E-state index is 13.6. The van der Waals surface area contributed by atoms with Crippen LogP contribution in [0.5, 0.6) is 0 Å². The van der Waals surface area contributed by atoms with Gasteiger partial charge in [-0.15, -0.1) is 0 Å². The molecule has 1 aromatic carbocycles. The molecule has 2 aliphatic rings. The summed E-state index contributed by atoms with van der Waals surface area (Å²) in [5.74, 6) is 0.843. The van der Waals surface area contributed by atoms with E-state index in [1.165, 1.54) is 0 Å². The molecule has 2 aromatic rings. The third-order valence-electron chi connectivity index (χ3n) is 6.85. The van der Waals surface area contributed by atoms with E-state index in [-0.39, 0.29) is 29.6 Å². The summed E-state index contributed by atoms with van der Waals surface area (Å²) >= 11 is 0. The van der Waals surface area contributed by atoms with Crippen LogP contribution in [0.1, 0.15) is 70.1 Å². The van der Waals surface area contributed by atoms with E-state index in [2.05, 4.69) is 11.4 Å². The average molecular weight is 439 g/mol. The Morgan fingerprint density at radius 2 is 1.88 bits per heavy atom. The van der Waals surface area contributed by atoms with Crippen molar-refractivity contribution >= 4 is 28.6 Å². The second kappa shape index (κ2) is 9.88. The number of furan rings is 1. The van der Waals surface area contributed by atoms with Crippen molar-refractivity contribution in [1.29, 1.82) is 0 Å². The highest BCUT2D eigenvalue weighted by molar-refractivity contribution is 5.89. The highest BCUT2D eigenvalue weighted by Crippen LogP contribution is 2.32. The molecule has 32 heavy (non-hydrogen) atoms. The first-order valence-corrected chi connectivity index (χ1v) is 12.1. The Balaban J connectivity index is 1.66. The van der Waals surface area contributed by atoms with E-state index < -0.39 is 6.04 Å². The lowest BCUT2D eigenvalue weighted by atomic mass is 9.96. The number of carbonyl (C=O) groups excluding carboxylic acids is 3. The van der Waals surface area contributed by atoms with Crippen LogP contribution in [0.3, 0.4) is 0 Å². The third kappa shape index (κ3) is 4.89. The number of benzene rings is 1. The lowest BCUT2D eigenvalue weighted by Gasteiger charge is -2.30. The largest absolute Gasteiger partial charge is 0.461 e. The van der Waals surface area contributed by atoms with Gasteiger partial charge in [0.1, 0.15) is 23.2 Å². The smallest absolute Gasteiger partial charge is 0.245 e. The van der Waals surface area contributed by atoms with E-state index in [1.807, 2.05) is 36.9 Å². The highest BCUT2D eigenvalue weighted by Gasteiger charge is 2.35. The molecule has 0 aliphatic carbocycles. The standard InChI is InChI=1S/C26H34N2O4/c1-17(2)25(30)27-22-11-5-3-9-19(29)13-14-24-21(20-10-4-6-12-23(20)32-24)16-18-8-7-15-28(18)26(22)31/h4,6,10,12,17-18,22H,3,5,7-9,11,13-16H2,1-2H3,(H,27,30)/t18-,22-/m0/s1. The Hall–Kier alpha value is -2.63. The number of hydrogen-bond acceptors (Lipinski definition) is 4. The number of para-hydroxylation sites is 1. The van der Waals surface area contributed by atoms with E-state index in [0.29, 0.717) is 25.7 Å². The maximum Gasteiger partial charge on any atom is 0.245 e. The summed E-state index contributed by atoms with van der Waals surface area (Å²) in [5, 5.41) is 4.06. The lowest BCUT2D eigenvalue weighted by Crippen LogP contribution is -2.51. The summed E-state index contributed by atoms with van der Waals surface area (Å²) in [6.45, 7) is 4.40. The Labute approximate surface area is 189 Å². The molecule has 0 saturated carbocycles. The Kier molecular flexibility index (Phi) is 6.97. The van der Waals surface area contributed by atoms with Crippen molar-refractivity contribution in [3.8, 4) is 0 Å². The molecule has 6 heteroatoms. The molecule has 6 nitrogen and oxygen atoms in total. The van der Waals surface area contributed by atoms with Gasteiger partial charge in [0.05, 0.1) is 0 Å². The predicted molar refractivity (Wildman–Crippen MR) is 123 cm³/mol. The first-order valence-electron chi connectivity index (χ1n) is 12.1. The number of fused-ring (bicyclic) bond motifs is 4. The van der Waals surface area contributed by atoms with Crippen LogP contribution in [0.2, 0.25) is 0 Å². The molecule has 1 N–H and O–H groups in total. The van der Waals surface area contributed by atoms with Crippen LogP contribution in [-0.2, 0) is 27.2 Å². The summed E-state index contributed by atoms with van der Waals surface area (Å²) < 4.78 is 6.16. The first kappa shape index (κ1) is 22.6. The Bertz CT molecular complexity index is 993. The molecule has 2 amide bonds. The van der Waals surface area contributed by atoms with Gasteiger partial charge in [-0.25, -0.2) is 0 Å². The van der Waals surface area contributed by atoms with Gasteiger partial charge in [0, 0.05) is 48.7 Å². The zero-order chi connectivity index (χ0) is 22.7. The monoisotopic (exact) mass is 438 g/mol. The summed E-state index contributed by atoms with van der Waals surface area (Å²) in [7, 11) is 0. The molecule has 0 radical (unpaired) electrons. The normalized spacial score (nSPS) is 23.2. The van der Waals surface area contributed by atoms with Gasteiger partial charge in [-0.2, -0.15) is 0 Å². The molecule has 0 spiro atoms. The van der Waals surface area contributed by atoms with Crippen LogP contribution in [0, 0.1) is 5.92 Å². The molecule has 4 rings (SSSR count). The average Bonchev–Trinajstić information content (AvgIpc) is 3.38. The molecular weight excluding hydrogens is 404 g/mol. The van der Waals surface area contributed by atoms with E-state index in [0.717, 1.165) is 60.9 Å². The van der Waals surface area contributed by atoms with E-state index in [4.69, 9.17) is 4.42 Å². The SMILES string of the molecule is CC(C)C(=O)N[C@H]1CCCCC(=O)CCc2oc3ccccc3c2C[C@@H]2CCCN2C1=O. The van der Waals surface area contributed by atoms with Crippen molar-refractivity contribution in [2.45, 2.75) is 83.7 Å². The molecule has 1 aromatic heterocycles. The molecule has 1 fully saturated rings. The van der Waals surface area contributed by atoms with Crippen molar-refractivity contribution in [2.75, 3.05) is 6.54 Å². The molecule has 0 unspecified atom stereocenters. The quantitative estimate of drug-likeness (QED) is 0.763. The fourth-order valence-corrected chi connectivity index (χ4v) is 4.99. The van der Waals surface area contributed by atoms with Crippen LogP contribution in [-0.4, -0.2) is 41.1 Å². The van der Waals surface area contributed by atoms with Gasteiger partial charge in [-0.3, -0.25) is 14.4 Å². The van der Waals surface area contributed by atoms with Crippen molar-refractivity contribution < 1.29 is 18.8 Å². The van der Waals surface area contributed by atoms with Gasteiger partial charge >= 0.3 is 0 Å². The molecule has 2 atom stereocenters. The minimum atomic E-state index is -0.524. The minimum Gasteiger partial charge on any atom is -0.461 e. The molecule has 2 aliphatic heterocycles. The van der Waals surface area contributed by atoms with Crippen molar-refractivity contribution in [2.24, 2.45) is 5.92 Å². The molecule has 0 bridgehead atoms. The van der Waals surface area contributed by atoms with Crippen molar-refractivity contribution in [3.63, 3.8) is 0 Å². The fraction of sp³-hybridized carbons (Fsp3) is 0.577. The second-order valence-electron chi connectivity index (χ2n) is 9.53. The van der Waals surface area contributed by atoms with E-state index >= 15 is 0 Å². The van der Waals surface area contributed by atoms with Crippen LogP contribution < -0.4 is 5.32 Å². The highest BCUT2D eigenvalue weighted by atomic mass is 16.3. The van der Waals surface area contributed by atoms with Crippen molar-refractivity contribution in [1.82, 2.24) is 10.2 Å². The van der Waals surface area contributed by atoms with Gasteiger partial charge in [-0.1, -0.05) is 38.5 Å². The summed E-state index contributed by atoms with van der Waals surface area (Å²) in [6, 6.07) is 7.55. The number of rotatable bonds is 2. The minimum absolute atomic E-state index is 0.0132. The van der Waals surface area contributed by atoms with Gasteiger partial charge in [0.25, 0.3) is 0 Å². The van der Waals surface area contributed by atoms with Crippen LogP contribution in [0.25, 0.3) is 11.0 Å². The molecule has 172 valence electrons. The summed E-state index contributed by atoms with van der Waals surface area (Å²) in [6.07, 6.45) is 6.26. The number of hydrogen-bond donors (Lipinski definition) is 1. The van der Waals surface area contributed by atoms with Gasteiger partial charge < -0.3 is 14.6 Å². The number of nitrogens with one attached hydrogen (secondary N) is 1. The summed E-state index contributed by atoms with van der Waals surface area (Å²) in [5.41, 5.74) is 1.96. The van der Waals surface area contributed by atoms with E-state index in [9.17, 15) is 14.4 Å². The first-order chi connectivity index (χ1) is 15.4. The van der Waals surface area contributed by atoms with Crippen molar-refractivity contribution in [3.05, 3.63) is 35.6 Å². The maximum absolute atomic E-state index is 13.6. The molecule has 3 heterocycles. The number of amides is 2. The third-order valence-corrected chi connectivity index (χ3v) is 6.85. The molecular formula is C26H34N2O4. The number of ketones is 1. The van der Waals surface area contributed by atoms with Gasteiger partial charge in [0.2, 0.25) is 11.8 Å². The van der Waals surface area contributed by atoms with Crippen LogP contribution in [0.4, 0.5) is 0 Å². The Morgan fingerprint density at radius 1 is 1.06 bits per heavy atom. The summed E-state index contributed by atoms with van der Waals surface area (Å²) in [4.78, 5) is 40.4. The number of aryl methyl sites for hydroxylation is 1. The zero-order valence-electron chi connectivity index (χ0n) is 19.2. The topological polar surface area (TPSA) is 79.6 Å². The van der Waals surface area contributed by atoms with E-state index in [1.54, 1.807) is 0 Å². The molecule has 1 saturated heterocycles. The lowest BCUT2D eigenvalue weighted by molar-refractivity contribution is -0.138. The van der Waals surface area contributed by atoms with Crippen LogP contribution in [0.15, 0.2) is 28.7 Å². The predicted octanol–water partition coefficient (Wildman–Crippen LogP) is 4.18. The number of Topliss-reactive ketones (excluding diaryl/α,β-unsaturated/α-hetero) is 1. The number of carbonyl (C=O) groups is 3. The number of nitrogens with zero attached hydrogens (tertiary/aromatic N) is 1. The Morgan fingerprint density at radius 3 is 2.69 bits per heavy atom. The fourth-order valence-electron chi connectivity index (χ4n) is 4.99.